The molecule has 0 aliphatic carbocycles. The summed E-state index contributed by atoms with van der Waals surface area (Å²) in [5.41, 5.74) is 0. The van der Waals surface area contributed by atoms with E-state index in [1.807, 2.05) is 0 Å². The van der Waals surface area contributed by atoms with Gasteiger partial charge in [-0.15, -0.1) is 0 Å². The van der Waals surface area contributed by atoms with E-state index < -0.39 is 12.1 Å². The van der Waals surface area contributed by atoms with Gasteiger partial charge in [0.15, 0.2) is 0 Å². The Bertz CT molecular complexity index is 579. The van der Waals surface area contributed by atoms with Gasteiger partial charge in [-0.05, 0) is 0 Å². The zero-order valence-corrected chi connectivity index (χ0v) is 14.4. The zero-order chi connectivity index (χ0) is 17.6. The molecule has 0 unspecified atom stereocenters. The van der Waals surface area contributed by atoms with E-state index in [-0.39, 0.29) is 30.5 Å². The first kappa shape index (κ1) is 16.6. The molecule has 138 valence electrons. The lowest BCUT2D eigenvalue weighted by Crippen LogP contribution is -2.70. The first-order valence-corrected chi connectivity index (χ1v) is 8.85. The van der Waals surface area contributed by atoms with Crippen molar-refractivity contribution in [1.82, 2.24) is 19.6 Å². The lowest BCUT2D eigenvalue weighted by atomic mass is 10.0. The molecule has 4 heterocycles. The number of nitrogens with zero attached hydrogens (tertiary/aromatic N) is 4. The molecule has 0 bridgehead atoms. The quantitative estimate of drug-likeness (QED) is 0.579. The van der Waals surface area contributed by atoms with Crippen molar-refractivity contribution in [3.05, 3.63) is 0 Å². The first-order chi connectivity index (χ1) is 12.1. The van der Waals surface area contributed by atoms with Crippen LogP contribution in [0.3, 0.4) is 0 Å². The molecule has 4 aliphatic rings. The van der Waals surface area contributed by atoms with Gasteiger partial charge in [0, 0.05) is 46.3 Å². The Morgan fingerprint density at radius 3 is 2.40 bits per heavy atom. The number of carbonyl (C=O) groups is 3. The van der Waals surface area contributed by atoms with E-state index in [4.69, 9.17) is 9.47 Å². The summed E-state index contributed by atoms with van der Waals surface area (Å²) in [6.07, 6.45) is 0.464. The fourth-order valence-corrected chi connectivity index (χ4v) is 4.22. The molecular weight excluding hydrogens is 328 g/mol. The summed E-state index contributed by atoms with van der Waals surface area (Å²) in [7, 11) is 1.61. The van der Waals surface area contributed by atoms with Gasteiger partial charge in [-0.25, -0.2) is 4.79 Å². The predicted molar refractivity (Wildman–Crippen MR) is 85.8 cm³/mol. The summed E-state index contributed by atoms with van der Waals surface area (Å²) in [5, 5.41) is 0. The second-order valence-corrected chi connectivity index (χ2v) is 6.98. The Kier molecular flexibility index (Phi) is 4.28. The number of fused-ring (bicyclic) bond motifs is 2. The Balaban J connectivity index is 1.47. The molecule has 4 aliphatic heterocycles. The Labute approximate surface area is 146 Å². The van der Waals surface area contributed by atoms with Crippen molar-refractivity contribution in [3.8, 4) is 0 Å². The zero-order valence-electron chi connectivity index (χ0n) is 14.4. The van der Waals surface area contributed by atoms with Gasteiger partial charge in [0.1, 0.15) is 12.1 Å². The molecule has 0 saturated carbocycles. The Hall–Kier alpha value is -1.87. The van der Waals surface area contributed by atoms with Crippen LogP contribution in [0.25, 0.3) is 0 Å². The van der Waals surface area contributed by atoms with Crippen LogP contribution in [0.1, 0.15) is 6.42 Å². The van der Waals surface area contributed by atoms with Gasteiger partial charge in [0.2, 0.25) is 11.8 Å². The van der Waals surface area contributed by atoms with E-state index in [9.17, 15) is 14.4 Å². The maximum atomic E-state index is 12.9. The number of piperazine rings is 2. The van der Waals surface area contributed by atoms with Crippen LogP contribution in [-0.2, 0) is 19.1 Å². The SMILES string of the molecule is CO[C@@H]1C[C@H]2C(=O)N3CCN(C(=O)N4CCOCC4)C[C@@H]3C(=O)N2C1. The van der Waals surface area contributed by atoms with Crippen LogP contribution >= 0.6 is 0 Å². The van der Waals surface area contributed by atoms with Crippen molar-refractivity contribution in [2.75, 3.05) is 59.6 Å². The topological polar surface area (TPSA) is 82.6 Å². The van der Waals surface area contributed by atoms with Crippen molar-refractivity contribution in [3.63, 3.8) is 0 Å². The molecule has 4 saturated heterocycles. The average Bonchev–Trinajstić information content (AvgIpc) is 3.11. The van der Waals surface area contributed by atoms with Crippen LogP contribution in [0.4, 0.5) is 4.79 Å². The minimum atomic E-state index is -0.571. The van der Waals surface area contributed by atoms with Crippen molar-refractivity contribution in [2.45, 2.75) is 24.6 Å². The highest BCUT2D eigenvalue weighted by Gasteiger charge is 2.52. The highest BCUT2D eigenvalue weighted by Crippen LogP contribution is 2.30. The van der Waals surface area contributed by atoms with Gasteiger partial charge in [0.25, 0.3) is 0 Å². The van der Waals surface area contributed by atoms with Gasteiger partial charge in [-0.3, -0.25) is 9.59 Å². The Morgan fingerprint density at radius 1 is 0.960 bits per heavy atom. The molecular formula is C16H24N4O5. The molecule has 25 heavy (non-hydrogen) atoms. The van der Waals surface area contributed by atoms with Crippen LogP contribution in [0.5, 0.6) is 0 Å². The summed E-state index contributed by atoms with van der Waals surface area (Å²) in [5.74, 6) is -0.0775. The molecule has 0 aromatic carbocycles. The second-order valence-electron chi connectivity index (χ2n) is 6.98. The summed E-state index contributed by atoms with van der Waals surface area (Å²) in [6.45, 7) is 3.82. The standard InChI is InChI=1S/C16H24N4O5/c1-24-11-8-12-14(21)19-3-2-18(10-13(19)15(22)20(12)9-11)16(23)17-4-6-25-7-5-17/h11-13H,2-10H2,1H3/t11-,12+,13-/m1/s1. The molecule has 0 aromatic rings. The molecule has 0 radical (unpaired) electrons. The maximum absolute atomic E-state index is 12.9. The third-order valence-electron chi connectivity index (χ3n) is 5.66. The number of hydrogen-bond acceptors (Lipinski definition) is 5. The van der Waals surface area contributed by atoms with Crippen molar-refractivity contribution in [2.24, 2.45) is 0 Å². The summed E-state index contributed by atoms with van der Waals surface area (Å²) in [6, 6.07) is -1.05. The van der Waals surface area contributed by atoms with E-state index in [2.05, 4.69) is 0 Å². The normalized spacial score (nSPS) is 32.8. The summed E-state index contributed by atoms with van der Waals surface area (Å²) >= 11 is 0. The molecule has 0 N–H and O–H groups in total. The van der Waals surface area contributed by atoms with Crippen LogP contribution in [0.15, 0.2) is 0 Å². The molecule has 9 heteroatoms. The number of morpholine rings is 1. The van der Waals surface area contributed by atoms with Gasteiger partial charge >= 0.3 is 6.03 Å². The lowest BCUT2D eigenvalue weighted by Gasteiger charge is -2.48. The van der Waals surface area contributed by atoms with Gasteiger partial charge < -0.3 is 29.1 Å². The van der Waals surface area contributed by atoms with Crippen molar-refractivity contribution in [1.29, 1.82) is 0 Å². The molecule has 3 atom stereocenters. The van der Waals surface area contributed by atoms with Crippen molar-refractivity contribution >= 4 is 17.8 Å². The smallest absolute Gasteiger partial charge is 0.320 e. The third kappa shape index (κ3) is 2.75. The van der Waals surface area contributed by atoms with Gasteiger partial charge in [-0.1, -0.05) is 0 Å². The number of methoxy groups -OCH3 is 1. The summed E-state index contributed by atoms with van der Waals surface area (Å²) in [4.78, 5) is 45.1. The summed E-state index contributed by atoms with van der Waals surface area (Å²) < 4.78 is 10.6. The average molecular weight is 352 g/mol. The molecule has 9 nitrogen and oxygen atoms in total. The Morgan fingerprint density at radius 2 is 1.68 bits per heavy atom. The largest absolute Gasteiger partial charge is 0.380 e. The third-order valence-corrected chi connectivity index (χ3v) is 5.66. The number of rotatable bonds is 1. The molecule has 0 spiro atoms. The maximum Gasteiger partial charge on any atom is 0.320 e. The van der Waals surface area contributed by atoms with Crippen molar-refractivity contribution < 1.29 is 23.9 Å². The van der Waals surface area contributed by atoms with Crippen LogP contribution in [0.2, 0.25) is 0 Å². The minimum Gasteiger partial charge on any atom is -0.380 e. The second kappa shape index (κ2) is 6.45. The molecule has 4 rings (SSSR count). The van der Waals surface area contributed by atoms with Crippen LogP contribution in [0, 0.1) is 0 Å². The number of hydrogen-bond donors (Lipinski definition) is 0. The monoisotopic (exact) mass is 352 g/mol. The molecule has 4 amide bonds. The molecule has 0 aromatic heterocycles. The predicted octanol–water partition coefficient (Wildman–Crippen LogP) is -1.42. The number of carbonyl (C=O) groups excluding carboxylic acids is 3. The van der Waals surface area contributed by atoms with Crippen LogP contribution < -0.4 is 0 Å². The van der Waals surface area contributed by atoms with E-state index in [0.29, 0.717) is 52.4 Å². The number of ether oxygens (including phenoxy) is 2. The lowest BCUT2D eigenvalue weighted by molar-refractivity contribution is -0.162. The van der Waals surface area contributed by atoms with E-state index in [1.54, 1.807) is 26.7 Å². The number of urea groups is 1. The van der Waals surface area contributed by atoms with Gasteiger partial charge in [-0.2, -0.15) is 0 Å². The fraction of sp³-hybridized carbons (Fsp3) is 0.812. The van der Waals surface area contributed by atoms with Gasteiger partial charge in [0.05, 0.1) is 25.9 Å². The van der Waals surface area contributed by atoms with E-state index in [0.717, 1.165) is 0 Å². The number of amides is 4. The highest BCUT2D eigenvalue weighted by molar-refractivity contribution is 5.98. The first-order valence-electron chi connectivity index (χ1n) is 8.85. The van der Waals surface area contributed by atoms with E-state index in [1.165, 1.54) is 0 Å². The fourth-order valence-electron chi connectivity index (χ4n) is 4.22. The van der Waals surface area contributed by atoms with E-state index >= 15 is 0 Å². The van der Waals surface area contributed by atoms with Crippen LogP contribution in [-0.4, -0.2) is 115 Å². The highest BCUT2D eigenvalue weighted by atomic mass is 16.5. The minimum absolute atomic E-state index is 0.0115. The molecule has 4 fully saturated rings.